The monoisotopic (exact) mass is 265 g/mol. The molecule has 90 valence electrons. The Labute approximate surface area is 99.3 Å². The highest BCUT2D eigenvalue weighted by atomic mass is 35.5. The molecule has 0 spiro atoms. The Morgan fingerprint density at radius 3 is 2.50 bits per heavy atom. The van der Waals surface area contributed by atoms with E-state index < -0.39 is 25.3 Å². The Kier molecular flexibility index (Phi) is 3.62. The third-order valence-electron chi connectivity index (χ3n) is 2.40. The highest BCUT2D eigenvalue weighted by Crippen LogP contribution is 2.28. The van der Waals surface area contributed by atoms with Gasteiger partial charge in [0.2, 0.25) is 0 Å². The van der Waals surface area contributed by atoms with Gasteiger partial charge in [0.15, 0.2) is 9.84 Å². The van der Waals surface area contributed by atoms with Gasteiger partial charge in [-0.3, -0.25) is 0 Å². The van der Waals surface area contributed by atoms with Crippen molar-refractivity contribution in [2.75, 3.05) is 6.54 Å². The van der Waals surface area contributed by atoms with Gasteiger partial charge in [0.1, 0.15) is 10.7 Å². The number of rotatable bonds is 3. The molecule has 0 unspecified atom stereocenters. The van der Waals surface area contributed by atoms with Gasteiger partial charge in [-0.05, 0) is 32.0 Å². The topological polar surface area (TPSA) is 60.2 Å². The number of benzene rings is 1. The predicted molar refractivity (Wildman–Crippen MR) is 61.7 cm³/mol. The maximum Gasteiger partial charge on any atom is 0.187 e. The zero-order valence-corrected chi connectivity index (χ0v) is 10.6. The number of sulfone groups is 1. The van der Waals surface area contributed by atoms with Gasteiger partial charge in [0.05, 0.1) is 4.75 Å². The summed E-state index contributed by atoms with van der Waals surface area (Å²) in [4.78, 5) is -0.407. The fraction of sp³-hybridized carbons (Fsp3) is 0.400. The summed E-state index contributed by atoms with van der Waals surface area (Å²) in [7, 11) is -3.83. The molecule has 1 aromatic rings. The zero-order valence-electron chi connectivity index (χ0n) is 9.00. The Morgan fingerprint density at radius 2 is 2.00 bits per heavy atom. The molecule has 0 fully saturated rings. The molecule has 16 heavy (non-hydrogen) atoms. The van der Waals surface area contributed by atoms with Crippen LogP contribution in [-0.4, -0.2) is 19.7 Å². The molecule has 0 aliphatic carbocycles. The summed E-state index contributed by atoms with van der Waals surface area (Å²) in [5.41, 5.74) is 5.38. The van der Waals surface area contributed by atoms with Gasteiger partial charge in [-0.2, -0.15) is 0 Å². The maximum absolute atomic E-state index is 13.5. The van der Waals surface area contributed by atoms with Crippen molar-refractivity contribution in [3.05, 3.63) is 29.0 Å². The van der Waals surface area contributed by atoms with Crippen LogP contribution in [0.25, 0.3) is 0 Å². The third kappa shape index (κ3) is 2.21. The summed E-state index contributed by atoms with van der Waals surface area (Å²) < 4.78 is 36.4. The van der Waals surface area contributed by atoms with Crippen LogP contribution in [0.1, 0.15) is 13.8 Å². The molecule has 0 saturated heterocycles. The molecule has 0 aliphatic rings. The molecule has 0 bridgehead atoms. The van der Waals surface area contributed by atoms with Gasteiger partial charge in [-0.1, -0.05) is 11.6 Å². The number of hydrogen-bond acceptors (Lipinski definition) is 3. The van der Waals surface area contributed by atoms with Crippen LogP contribution in [0.15, 0.2) is 23.1 Å². The van der Waals surface area contributed by atoms with Crippen LogP contribution in [0, 0.1) is 5.82 Å². The van der Waals surface area contributed by atoms with Crippen LogP contribution in [0.4, 0.5) is 4.39 Å². The van der Waals surface area contributed by atoms with E-state index in [9.17, 15) is 12.8 Å². The van der Waals surface area contributed by atoms with Gasteiger partial charge in [-0.15, -0.1) is 0 Å². The van der Waals surface area contributed by atoms with Crippen molar-refractivity contribution in [3.63, 3.8) is 0 Å². The molecule has 0 radical (unpaired) electrons. The van der Waals surface area contributed by atoms with E-state index in [0.29, 0.717) is 0 Å². The minimum atomic E-state index is -3.83. The molecule has 0 heterocycles. The minimum absolute atomic E-state index is 0.0959. The molecule has 1 aromatic carbocycles. The number of hydrogen-bond donors (Lipinski definition) is 1. The minimum Gasteiger partial charge on any atom is -0.329 e. The Balaban J connectivity index is 3.44. The molecule has 1 rings (SSSR count). The lowest BCUT2D eigenvalue weighted by Crippen LogP contribution is -2.40. The second kappa shape index (κ2) is 4.31. The largest absolute Gasteiger partial charge is 0.329 e. The van der Waals surface area contributed by atoms with Crippen LogP contribution < -0.4 is 5.73 Å². The Hall–Kier alpha value is -0.650. The molecule has 0 aromatic heterocycles. The quantitative estimate of drug-likeness (QED) is 0.909. The van der Waals surface area contributed by atoms with Crippen LogP contribution in [-0.2, 0) is 9.84 Å². The van der Waals surface area contributed by atoms with E-state index in [1.54, 1.807) is 0 Å². The molecule has 6 heteroatoms. The summed E-state index contributed by atoms with van der Waals surface area (Å²) in [5, 5.41) is 0.174. The first-order valence-corrected chi connectivity index (χ1v) is 6.48. The summed E-state index contributed by atoms with van der Waals surface area (Å²) in [5.74, 6) is -0.814. The fourth-order valence-electron chi connectivity index (χ4n) is 1.09. The van der Waals surface area contributed by atoms with E-state index in [2.05, 4.69) is 0 Å². The summed E-state index contributed by atoms with van der Waals surface area (Å²) in [6.45, 7) is 2.80. The van der Waals surface area contributed by atoms with E-state index in [4.69, 9.17) is 17.3 Å². The normalized spacial score (nSPS) is 12.8. The average Bonchev–Trinajstić information content (AvgIpc) is 2.21. The van der Waals surface area contributed by atoms with Crippen molar-refractivity contribution >= 4 is 21.4 Å². The van der Waals surface area contributed by atoms with E-state index in [0.717, 1.165) is 12.1 Å². The van der Waals surface area contributed by atoms with Crippen LogP contribution >= 0.6 is 11.6 Å². The van der Waals surface area contributed by atoms with Crippen molar-refractivity contribution in [1.29, 1.82) is 0 Å². The molecule has 0 amide bonds. The maximum atomic E-state index is 13.5. The summed E-state index contributed by atoms with van der Waals surface area (Å²) in [6.07, 6.45) is 0. The predicted octanol–water partition coefficient (Wildman–Crippen LogP) is 1.99. The lowest BCUT2D eigenvalue weighted by atomic mass is 10.2. The van der Waals surface area contributed by atoms with Gasteiger partial charge in [0, 0.05) is 11.6 Å². The van der Waals surface area contributed by atoms with E-state index in [1.165, 1.54) is 19.9 Å². The molecule has 0 aliphatic heterocycles. The van der Waals surface area contributed by atoms with Crippen LogP contribution in [0.2, 0.25) is 5.02 Å². The van der Waals surface area contributed by atoms with E-state index in [1.807, 2.05) is 0 Å². The third-order valence-corrected chi connectivity index (χ3v) is 5.15. The van der Waals surface area contributed by atoms with Crippen molar-refractivity contribution in [3.8, 4) is 0 Å². The molecule has 2 N–H and O–H groups in total. The van der Waals surface area contributed by atoms with Crippen molar-refractivity contribution < 1.29 is 12.8 Å². The fourth-order valence-corrected chi connectivity index (χ4v) is 2.75. The second-order valence-electron chi connectivity index (χ2n) is 4.04. The highest BCUT2D eigenvalue weighted by Gasteiger charge is 2.36. The van der Waals surface area contributed by atoms with E-state index in [-0.39, 0.29) is 11.6 Å². The van der Waals surface area contributed by atoms with Gasteiger partial charge in [0.25, 0.3) is 0 Å². The first-order chi connectivity index (χ1) is 7.22. The standard InChI is InChI=1S/C10H13ClFNO2S/c1-10(2,6-13)16(14,15)9-5-7(11)3-4-8(9)12/h3-5H,6,13H2,1-2H3. The van der Waals surface area contributed by atoms with Crippen molar-refractivity contribution in [2.24, 2.45) is 5.73 Å². The molecule has 0 saturated carbocycles. The first kappa shape index (κ1) is 13.4. The van der Waals surface area contributed by atoms with E-state index >= 15 is 0 Å². The Morgan fingerprint density at radius 1 is 1.44 bits per heavy atom. The second-order valence-corrected chi connectivity index (χ2v) is 7.03. The smallest absolute Gasteiger partial charge is 0.187 e. The SMILES string of the molecule is CC(C)(CN)S(=O)(=O)c1cc(Cl)ccc1F. The lowest BCUT2D eigenvalue weighted by Gasteiger charge is -2.23. The van der Waals surface area contributed by atoms with Gasteiger partial charge in [-0.25, -0.2) is 12.8 Å². The Bertz CT molecular complexity index is 500. The summed E-state index contributed by atoms with van der Waals surface area (Å²) >= 11 is 5.65. The zero-order chi connectivity index (χ0) is 12.6. The van der Waals surface area contributed by atoms with Gasteiger partial charge < -0.3 is 5.73 Å². The molecule has 0 atom stereocenters. The summed E-state index contributed by atoms with van der Waals surface area (Å²) in [6, 6.07) is 3.43. The number of halogens is 2. The van der Waals surface area contributed by atoms with Crippen molar-refractivity contribution in [2.45, 2.75) is 23.5 Å². The van der Waals surface area contributed by atoms with Crippen LogP contribution in [0.3, 0.4) is 0 Å². The average molecular weight is 266 g/mol. The first-order valence-electron chi connectivity index (χ1n) is 4.62. The molecular weight excluding hydrogens is 253 g/mol. The molecular formula is C10H13ClFNO2S. The van der Waals surface area contributed by atoms with Crippen molar-refractivity contribution in [1.82, 2.24) is 0 Å². The highest BCUT2D eigenvalue weighted by molar-refractivity contribution is 7.92. The number of nitrogens with two attached hydrogens (primary N) is 1. The molecule has 3 nitrogen and oxygen atoms in total. The van der Waals surface area contributed by atoms with Crippen LogP contribution in [0.5, 0.6) is 0 Å². The lowest BCUT2D eigenvalue weighted by molar-refractivity contribution is 0.532. The van der Waals surface area contributed by atoms with Gasteiger partial charge >= 0.3 is 0 Å².